The molecule has 1 heterocycles. The minimum atomic E-state index is -0.515. The zero-order valence-electron chi connectivity index (χ0n) is 9.96. The third-order valence-corrected chi connectivity index (χ3v) is 4.44. The first kappa shape index (κ1) is 13.8. The van der Waals surface area contributed by atoms with Crippen LogP contribution in [-0.4, -0.2) is 10.0 Å². The first-order valence-electron chi connectivity index (χ1n) is 5.45. The minimum absolute atomic E-state index is 0.0560. The Labute approximate surface area is 122 Å². The average Bonchev–Trinajstić information content (AvgIpc) is 2.78. The number of nitro groups is 1. The van der Waals surface area contributed by atoms with Gasteiger partial charge in [0, 0.05) is 14.7 Å². The standard InChI is InChI=1S/C12H11BrN2O3S/c1-7(12-4-8(13)6-19-12)14-10-3-2-9(16)5-11(10)15(17)18/h2-7,14,16H,1H3. The second kappa shape index (κ2) is 5.58. The summed E-state index contributed by atoms with van der Waals surface area (Å²) in [4.78, 5) is 11.5. The van der Waals surface area contributed by atoms with E-state index >= 15 is 0 Å². The van der Waals surface area contributed by atoms with Crippen LogP contribution in [0.1, 0.15) is 17.8 Å². The van der Waals surface area contributed by atoms with Gasteiger partial charge in [-0.1, -0.05) is 0 Å². The Kier molecular flexibility index (Phi) is 4.06. The molecule has 0 saturated carbocycles. The molecule has 0 aliphatic rings. The van der Waals surface area contributed by atoms with Crippen molar-refractivity contribution in [2.75, 3.05) is 5.32 Å². The lowest BCUT2D eigenvalue weighted by atomic mass is 10.2. The van der Waals surface area contributed by atoms with Gasteiger partial charge in [-0.3, -0.25) is 10.1 Å². The highest BCUT2D eigenvalue weighted by atomic mass is 79.9. The van der Waals surface area contributed by atoms with Crippen LogP contribution in [0.5, 0.6) is 5.75 Å². The molecule has 2 N–H and O–H groups in total. The fourth-order valence-electron chi connectivity index (χ4n) is 1.65. The van der Waals surface area contributed by atoms with E-state index in [0.717, 1.165) is 15.4 Å². The molecule has 1 aromatic heterocycles. The lowest BCUT2D eigenvalue weighted by Crippen LogP contribution is -2.06. The van der Waals surface area contributed by atoms with Crippen molar-refractivity contribution in [3.8, 4) is 5.75 Å². The van der Waals surface area contributed by atoms with Gasteiger partial charge in [-0.15, -0.1) is 11.3 Å². The molecule has 0 saturated heterocycles. The van der Waals surface area contributed by atoms with E-state index in [4.69, 9.17) is 0 Å². The van der Waals surface area contributed by atoms with Crippen molar-refractivity contribution in [3.05, 3.63) is 49.1 Å². The first-order chi connectivity index (χ1) is 8.97. The third-order valence-electron chi connectivity index (χ3n) is 2.56. The molecule has 19 heavy (non-hydrogen) atoms. The summed E-state index contributed by atoms with van der Waals surface area (Å²) in [6.07, 6.45) is 0. The zero-order valence-corrected chi connectivity index (χ0v) is 12.4. The number of nitro benzene ring substituents is 1. The second-order valence-corrected chi connectivity index (χ2v) is 5.85. The Morgan fingerprint density at radius 3 is 2.79 bits per heavy atom. The van der Waals surface area contributed by atoms with E-state index in [9.17, 15) is 15.2 Å². The molecule has 0 fully saturated rings. The number of nitrogens with one attached hydrogen (secondary N) is 1. The van der Waals surface area contributed by atoms with Crippen LogP contribution in [-0.2, 0) is 0 Å². The summed E-state index contributed by atoms with van der Waals surface area (Å²) in [6, 6.07) is 5.98. The van der Waals surface area contributed by atoms with Crippen LogP contribution in [0.2, 0.25) is 0 Å². The van der Waals surface area contributed by atoms with Gasteiger partial charge in [0.15, 0.2) is 0 Å². The number of benzene rings is 1. The summed E-state index contributed by atoms with van der Waals surface area (Å²) < 4.78 is 0.987. The third kappa shape index (κ3) is 3.24. The van der Waals surface area contributed by atoms with Gasteiger partial charge < -0.3 is 10.4 Å². The number of phenols is 1. The van der Waals surface area contributed by atoms with E-state index in [2.05, 4.69) is 21.2 Å². The molecule has 100 valence electrons. The summed E-state index contributed by atoms with van der Waals surface area (Å²) >= 11 is 4.94. The van der Waals surface area contributed by atoms with E-state index in [1.165, 1.54) is 12.1 Å². The Morgan fingerprint density at radius 2 is 2.21 bits per heavy atom. The summed E-state index contributed by atoms with van der Waals surface area (Å²) in [5.41, 5.74) is 0.252. The van der Waals surface area contributed by atoms with E-state index in [1.807, 2.05) is 18.4 Å². The molecule has 0 aliphatic carbocycles. The highest BCUT2D eigenvalue weighted by molar-refractivity contribution is 9.10. The van der Waals surface area contributed by atoms with Crippen molar-refractivity contribution < 1.29 is 10.0 Å². The van der Waals surface area contributed by atoms with Crippen molar-refractivity contribution >= 4 is 38.6 Å². The zero-order chi connectivity index (χ0) is 14.0. The molecule has 0 spiro atoms. The molecule has 1 unspecified atom stereocenters. The fraction of sp³-hybridized carbons (Fsp3) is 0.167. The molecular weight excluding hydrogens is 332 g/mol. The normalized spacial score (nSPS) is 12.1. The monoisotopic (exact) mass is 342 g/mol. The number of halogens is 1. The van der Waals surface area contributed by atoms with Crippen molar-refractivity contribution in [3.63, 3.8) is 0 Å². The van der Waals surface area contributed by atoms with Gasteiger partial charge in [0.05, 0.1) is 17.0 Å². The number of phenolic OH excluding ortho intramolecular Hbond substituents is 1. The van der Waals surface area contributed by atoms with Crippen LogP contribution >= 0.6 is 27.3 Å². The number of rotatable bonds is 4. The van der Waals surface area contributed by atoms with Crippen molar-refractivity contribution in [2.24, 2.45) is 0 Å². The molecule has 0 amide bonds. The number of hydrogen-bond acceptors (Lipinski definition) is 5. The number of anilines is 1. The Morgan fingerprint density at radius 1 is 1.47 bits per heavy atom. The van der Waals surface area contributed by atoms with Crippen LogP contribution in [0.4, 0.5) is 11.4 Å². The van der Waals surface area contributed by atoms with Gasteiger partial charge in [0.2, 0.25) is 0 Å². The molecule has 0 aliphatic heterocycles. The SMILES string of the molecule is CC(Nc1ccc(O)cc1[N+](=O)[O-])c1cc(Br)cs1. The predicted octanol–water partition coefficient (Wildman–Crippen LogP) is 4.30. The molecule has 2 rings (SSSR count). The van der Waals surface area contributed by atoms with Gasteiger partial charge in [0.25, 0.3) is 5.69 Å². The second-order valence-electron chi connectivity index (χ2n) is 3.99. The number of aromatic hydroxyl groups is 1. The van der Waals surface area contributed by atoms with Crippen LogP contribution in [0, 0.1) is 10.1 Å². The average molecular weight is 343 g/mol. The summed E-state index contributed by atoms with van der Waals surface area (Å²) in [6.45, 7) is 1.93. The van der Waals surface area contributed by atoms with Crippen LogP contribution in [0.15, 0.2) is 34.1 Å². The maximum absolute atomic E-state index is 10.9. The smallest absolute Gasteiger partial charge is 0.296 e. The highest BCUT2D eigenvalue weighted by Gasteiger charge is 2.17. The van der Waals surface area contributed by atoms with E-state index in [1.54, 1.807) is 11.3 Å². The maximum atomic E-state index is 10.9. The summed E-state index contributed by atoms with van der Waals surface area (Å²) in [7, 11) is 0. The highest BCUT2D eigenvalue weighted by Crippen LogP contribution is 2.33. The number of nitrogens with zero attached hydrogens (tertiary/aromatic N) is 1. The molecule has 0 radical (unpaired) electrons. The fourth-order valence-corrected chi connectivity index (χ4v) is 3.11. The van der Waals surface area contributed by atoms with Gasteiger partial charge in [-0.25, -0.2) is 0 Å². The Hall–Kier alpha value is -1.60. The minimum Gasteiger partial charge on any atom is -0.508 e. The van der Waals surface area contributed by atoms with Gasteiger partial charge >= 0.3 is 0 Å². The van der Waals surface area contributed by atoms with Crippen LogP contribution in [0.3, 0.4) is 0 Å². The molecular formula is C12H11BrN2O3S. The lowest BCUT2D eigenvalue weighted by Gasteiger charge is -2.13. The first-order valence-corrected chi connectivity index (χ1v) is 7.12. The topological polar surface area (TPSA) is 75.4 Å². The largest absolute Gasteiger partial charge is 0.508 e. The Balaban J connectivity index is 2.26. The molecule has 7 heteroatoms. The van der Waals surface area contributed by atoms with Gasteiger partial charge in [-0.05, 0) is 41.1 Å². The molecule has 5 nitrogen and oxygen atoms in total. The Bertz CT molecular complexity index is 615. The number of hydrogen-bond donors (Lipinski definition) is 2. The molecule has 1 atom stereocenters. The van der Waals surface area contributed by atoms with Crippen molar-refractivity contribution in [1.29, 1.82) is 0 Å². The lowest BCUT2D eigenvalue weighted by molar-refractivity contribution is -0.384. The molecule has 0 bridgehead atoms. The van der Waals surface area contributed by atoms with Gasteiger partial charge in [0.1, 0.15) is 11.4 Å². The summed E-state index contributed by atoms with van der Waals surface area (Å²) in [5.74, 6) is -0.122. The quantitative estimate of drug-likeness (QED) is 0.493. The molecule has 2 aromatic rings. The number of thiophene rings is 1. The van der Waals surface area contributed by atoms with Crippen molar-refractivity contribution in [1.82, 2.24) is 0 Å². The van der Waals surface area contributed by atoms with Crippen molar-refractivity contribution in [2.45, 2.75) is 13.0 Å². The van der Waals surface area contributed by atoms with Gasteiger partial charge in [-0.2, -0.15) is 0 Å². The van der Waals surface area contributed by atoms with E-state index < -0.39 is 4.92 Å². The van der Waals surface area contributed by atoms with Crippen LogP contribution < -0.4 is 5.32 Å². The van der Waals surface area contributed by atoms with Crippen LogP contribution in [0.25, 0.3) is 0 Å². The van der Waals surface area contributed by atoms with E-state index in [0.29, 0.717) is 5.69 Å². The predicted molar refractivity (Wildman–Crippen MR) is 78.8 cm³/mol. The van der Waals surface area contributed by atoms with E-state index in [-0.39, 0.29) is 17.5 Å². The summed E-state index contributed by atoms with van der Waals surface area (Å²) in [5, 5.41) is 25.3. The maximum Gasteiger partial charge on any atom is 0.296 e. The molecule has 1 aromatic carbocycles.